The average Bonchev–Trinajstić information content (AvgIpc) is 3.36. The largest absolute Gasteiger partial charge is 0.487 e. The number of aliphatic carboxylic acids is 1. The molecule has 0 aliphatic carbocycles. The van der Waals surface area contributed by atoms with Gasteiger partial charge in [-0.2, -0.15) is 0 Å². The van der Waals surface area contributed by atoms with Gasteiger partial charge in [-0.3, -0.25) is 0 Å². The van der Waals surface area contributed by atoms with Crippen LogP contribution in [0.1, 0.15) is 22.6 Å². The van der Waals surface area contributed by atoms with E-state index < -0.39 is 5.97 Å². The molecule has 7 nitrogen and oxygen atoms in total. The maximum atomic E-state index is 11.8. The molecule has 5 rings (SSSR count). The third-order valence-electron chi connectivity index (χ3n) is 6.07. The van der Waals surface area contributed by atoms with Crippen molar-refractivity contribution in [2.45, 2.75) is 20.1 Å². The number of ether oxygens (including phenoxy) is 1. The third kappa shape index (κ3) is 6.40. The summed E-state index contributed by atoms with van der Waals surface area (Å²) >= 11 is 0. The van der Waals surface area contributed by atoms with Gasteiger partial charge in [0.05, 0.1) is 0 Å². The number of oxime groups is 1. The fourth-order valence-corrected chi connectivity index (χ4v) is 3.94. The van der Waals surface area contributed by atoms with E-state index in [0.717, 1.165) is 27.9 Å². The van der Waals surface area contributed by atoms with Crippen molar-refractivity contribution in [1.29, 1.82) is 0 Å². The third-order valence-corrected chi connectivity index (χ3v) is 6.07. The van der Waals surface area contributed by atoms with Gasteiger partial charge in [0.25, 0.3) is 0 Å². The maximum absolute atomic E-state index is 11.8. The van der Waals surface area contributed by atoms with Gasteiger partial charge in [-0.1, -0.05) is 90.1 Å². The van der Waals surface area contributed by atoms with E-state index in [9.17, 15) is 9.90 Å². The predicted octanol–water partition coefficient (Wildman–Crippen LogP) is 6.90. The Kier molecular flexibility index (Phi) is 7.79. The minimum Gasteiger partial charge on any atom is -0.487 e. The SMILES string of the molecule is Cc1oc(-c2ccccc2)nc1COc1ccc(CON=C(C(=O)O)c2ccc(-c3ccccc3)cc2)cc1. The van der Waals surface area contributed by atoms with Crippen molar-refractivity contribution in [2.75, 3.05) is 0 Å². The fourth-order valence-electron chi connectivity index (χ4n) is 3.94. The normalized spacial score (nSPS) is 11.3. The number of carboxylic acid groups (broad SMARTS) is 1. The molecule has 1 N–H and O–H groups in total. The Balaban J connectivity index is 1.17. The topological polar surface area (TPSA) is 94.2 Å². The van der Waals surface area contributed by atoms with Crippen molar-refractivity contribution in [1.82, 2.24) is 4.98 Å². The average molecular weight is 519 g/mol. The van der Waals surface area contributed by atoms with Crippen molar-refractivity contribution < 1.29 is 23.9 Å². The zero-order valence-electron chi connectivity index (χ0n) is 21.3. The number of nitrogens with zero attached hydrogens (tertiary/aromatic N) is 2. The van der Waals surface area contributed by atoms with Crippen molar-refractivity contribution in [3.8, 4) is 28.3 Å². The lowest BCUT2D eigenvalue weighted by atomic mass is 10.0. The van der Waals surface area contributed by atoms with Crippen LogP contribution in [0, 0.1) is 6.92 Å². The van der Waals surface area contributed by atoms with Crippen LogP contribution in [0.4, 0.5) is 0 Å². The molecule has 194 valence electrons. The van der Waals surface area contributed by atoms with Gasteiger partial charge in [0.1, 0.15) is 30.4 Å². The van der Waals surface area contributed by atoms with Gasteiger partial charge in [-0.25, -0.2) is 9.78 Å². The second kappa shape index (κ2) is 11.9. The van der Waals surface area contributed by atoms with Gasteiger partial charge < -0.3 is 19.1 Å². The van der Waals surface area contributed by atoms with Gasteiger partial charge in [-0.05, 0) is 47.9 Å². The monoisotopic (exact) mass is 518 g/mol. The molecule has 7 heteroatoms. The first-order chi connectivity index (χ1) is 19.1. The van der Waals surface area contributed by atoms with Gasteiger partial charge in [0.2, 0.25) is 5.89 Å². The quantitative estimate of drug-likeness (QED) is 0.160. The number of aryl methyl sites for hydroxylation is 1. The van der Waals surface area contributed by atoms with Crippen LogP contribution in [0.5, 0.6) is 5.75 Å². The smallest absolute Gasteiger partial charge is 0.358 e. The number of hydrogen-bond acceptors (Lipinski definition) is 6. The molecule has 0 saturated heterocycles. The summed E-state index contributed by atoms with van der Waals surface area (Å²) in [6.45, 7) is 2.25. The summed E-state index contributed by atoms with van der Waals surface area (Å²) < 4.78 is 11.7. The summed E-state index contributed by atoms with van der Waals surface area (Å²) in [5.41, 5.74) is 4.80. The van der Waals surface area contributed by atoms with Crippen molar-refractivity contribution in [3.05, 3.63) is 132 Å². The molecule has 4 aromatic carbocycles. The Morgan fingerprint density at radius 3 is 2.05 bits per heavy atom. The van der Waals surface area contributed by atoms with Gasteiger partial charge in [0.15, 0.2) is 5.71 Å². The lowest BCUT2D eigenvalue weighted by Gasteiger charge is -2.07. The number of oxazole rings is 1. The highest BCUT2D eigenvalue weighted by atomic mass is 16.6. The standard InChI is InChI=1S/C32H26N2O5/c1-22-29(33-31(39-22)27-10-6-3-7-11-27)21-37-28-18-12-23(13-19-28)20-38-34-30(32(35)36)26-16-14-25(15-17-26)24-8-4-2-5-9-24/h2-19H,20-21H2,1H3,(H,35,36). The number of carbonyl (C=O) groups is 1. The zero-order valence-corrected chi connectivity index (χ0v) is 21.3. The summed E-state index contributed by atoms with van der Waals surface area (Å²) in [6, 6.07) is 34.1. The lowest BCUT2D eigenvalue weighted by Crippen LogP contribution is -2.15. The Morgan fingerprint density at radius 2 is 1.41 bits per heavy atom. The van der Waals surface area contributed by atoms with E-state index in [1.165, 1.54) is 0 Å². The molecule has 0 atom stereocenters. The molecule has 0 bridgehead atoms. The van der Waals surface area contributed by atoms with E-state index >= 15 is 0 Å². The first-order valence-electron chi connectivity index (χ1n) is 12.4. The summed E-state index contributed by atoms with van der Waals surface area (Å²) in [5.74, 6) is 0.772. The van der Waals surface area contributed by atoms with Crippen LogP contribution in [0.25, 0.3) is 22.6 Å². The molecule has 0 spiro atoms. The molecule has 0 unspecified atom stereocenters. The molecule has 5 aromatic rings. The number of rotatable bonds is 10. The Hall–Kier alpha value is -5.17. The van der Waals surface area contributed by atoms with Crippen LogP contribution in [0.3, 0.4) is 0 Å². The number of aromatic nitrogens is 1. The molecule has 0 aliphatic heterocycles. The fraction of sp³-hybridized carbons (Fsp3) is 0.0938. The van der Waals surface area contributed by atoms with Gasteiger partial charge >= 0.3 is 5.97 Å². The first kappa shape index (κ1) is 25.5. The van der Waals surface area contributed by atoms with E-state index in [-0.39, 0.29) is 18.9 Å². The second-order valence-corrected chi connectivity index (χ2v) is 8.78. The van der Waals surface area contributed by atoms with Crippen molar-refractivity contribution in [2.24, 2.45) is 5.16 Å². The van der Waals surface area contributed by atoms with Gasteiger partial charge in [0, 0.05) is 11.1 Å². The summed E-state index contributed by atoms with van der Waals surface area (Å²) in [5, 5.41) is 13.5. The zero-order chi connectivity index (χ0) is 27.0. The van der Waals surface area contributed by atoms with Crippen molar-refractivity contribution >= 4 is 11.7 Å². The minimum atomic E-state index is -1.16. The Bertz CT molecular complexity index is 1560. The van der Waals surface area contributed by atoms with Crippen LogP contribution < -0.4 is 4.74 Å². The predicted molar refractivity (Wildman–Crippen MR) is 148 cm³/mol. The van der Waals surface area contributed by atoms with Crippen LogP contribution in [-0.4, -0.2) is 21.8 Å². The highest BCUT2D eigenvalue weighted by Crippen LogP contribution is 2.23. The minimum absolute atomic E-state index is 0.113. The molecule has 1 aromatic heterocycles. The van der Waals surface area contributed by atoms with E-state index in [1.807, 2.05) is 104 Å². The van der Waals surface area contributed by atoms with Crippen LogP contribution >= 0.6 is 0 Å². The molecular formula is C32H26N2O5. The number of hydrogen-bond donors (Lipinski definition) is 1. The number of carboxylic acids is 1. The van der Waals surface area contributed by atoms with E-state index in [4.69, 9.17) is 14.0 Å². The Labute approximate surface area is 226 Å². The van der Waals surface area contributed by atoms with Crippen LogP contribution in [0.2, 0.25) is 0 Å². The highest BCUT2D eigenvalue weighted by Gasteiger charge is 2.14. The Morgan fingerprint density at radius 1 is 0.795 bits per heavy atom. The number of benzene rings is 4. The maximum Gasteiger partial charge on any atom is 0.358 e. The molecule has 1 heterocycles. The van der Waals surface area contributed by atoms with Gasteiger partial charge in [-0.15, -0.1) is 0 Å². The first-order valence-corrected chi connectivity index (χ1v) is 12.4. The van der Waals surface area contributed by atoms with Crippen molar-refractivity contribution in [3.63, 3.8) is 0 Å². The van der Waals surface area contributed by atoms with Crippen LogP contribution in [0.15, 0.2) is 119 Å². The summed E-state index contributed by atoms with van der Waals surface area (Å²) in [6.07, 6.45) is 0. The van der Waals surface area contributed by atoms with E-state index in [1.54, 1.807) is 12.1 Å². The van der Waals surface area contributed by atoms with E-state index in [0.29, 0.717) is 23.0 Å². The van der Waals surface area contributed by atoms with E-state index in [2.05, 4.69) is 10.1 Å². The summed E-state index contributed by atoms with van der Waals surface area (Å²) in [4.78, 5) is 21.7. The lowest BCUT2D eigenvalue weighted by molar-refractivity contribution is -0.129. The molecule has 0 amide bonds. The molecule has 0 saturated carbocycles. The highest BCUT2D eigenvalue weighted by molar-refractivity contribution is 6.42. The second-order valence-electron chi connectivity index (χ2n) is 8.78. The molecule has 0 radical (unpaired) electrons. The molecule has 0 fully saturated rings. The summed E-state index contributed by atoms with van der Waals surface area (Å²) in [7, 11) is 0. The molecular weight excluding hydrogens is 492 g/mol. The molecule has 0 aliphatic rings. The van der Waals surface area contributed by atoms with Crippen LogP contribution in [-0.2, 0) is 22.8 Å². The molecule has 39 heavy (non-hydrogen) atoms.